The van der Waals surface area contributed by atoms with Crippen molar-refractivity contribution in [2.24, 2.45) is 10.2 Å². The van der Waals surface area contributed by atoms with E-state index in [-0.39, 0.29) is 12.5 Å². The number of hydrogen-bond donors (Lipinski definition) is 1. The third-order valence-corrected chi connectivity index (χ3v) is 5.24. The highest BCUT2D eigenvalue weighted by atomic mass is 16.5. The fourth-order valence-corrected chi connectivity index (χ4v) is 3.42. The van der Waals surface area contributed by atoms with Crippen LogP contribution in [0.3, 0.4) is 0 Å². The predicted octanol–water partition coefficient (Wildman–Crippen LogP) is 3.78. The fraction of sp³-hybridized carbons (Fsp3) is 0.360. The Morgan fingerprint density at radius 2 is 1.84 bits per heavy atom. The summed E-state index contributed by atoms with van der Waals surface area (Å²) < 4.78 is 5.78. The molecule has 2 amide bonds. The number of nitrogens with one attached hydrogen (secondary N) is 1. The zero-order chi connectivity index (χ0) is 22.9. The quantitative estimate of drug-likeness (QED) is 0.507. The first-order chi connectivity index (χ1) is 15.5. The molecule has 0 saturated heterocycles. The number of nitrogens with zero attached hydrogens (tertiary/aromatic N) is 3. The van der Waals surface area contributed by atoms with Gasteiger partial charge in [0.1, 0.15) is 24.1 Å². The van der Waals surface area contributed by atoms with Gasteiger partial charge in [-0.3, -0.25) is 9.59 Å². The van der Waals surface area contributed by atoms with Crippen molar-refractivity contribution in [3.8, 4) is 5.75 Å². The summed E-state index contributed by atoms with van der Waals surface area (Å²) in [6.45, 7) is 4.00. The molecule has 0 spiro atoms. The lowest BCUT2D eigenvalue weighted by Gasteiger charge is -2.20. The van der Waals surface area contributed by atoms with E-state index in [2.05, 4.69) is 15.5 Å². The molecular weight excluding hydrogens is 404 g/mol. The molecule has 1 atom stereocenters. The van der Waals surface area contributed by atoms with Crippen LogP contribution in [0.4, 0.5) is 5.69 Å². The number of benzene rings is 2. The second-order valence-corrected chi connectivity index (χ2v) is 7.85. The molecule has 7 nitrogen and oxygen atoms in total. The normalized spacial score (nSPS) is 16.8. The van der Waals surface area contributed by atoms with Crippen LogP contribution in [0.5, 0.6) is 5.75 Å². The van der Waals surface area contributed by atoms with E-state index < -0.39 is 11.9 Å². The lowest BCUT2D eigenvalue weighted by atomic mass is 10.1. The summed E-state index contributed by atoms with van der Waals surface area (Å²) in [4.78, 5) is 27.4. The lowest BCUT2D eigenvalue weighted by molar-refractivity contribution is -0.124. The van der Waals surface area contributed by atoms with Crippen molar-refractivity contribution in [2.75, 3.05) is 18.6 Å². The second-order valence-electron chi connectivity index (χ2n) is 7.85. The highest BCUT2D eigenvalue weighted by Gasteiger charge is 2.31. The smallest absolute Gasteiger partial charge is 0.268 e. The number of unbranched alkanes of at least 4 members (excludes halogenated alkanes) is 1. The average molecular weight is 435 g/mol. The van der Waals surface area contributed by atoms with Gasteiger partial charge in [-0.05, 0) is 37.5 Å². The number of para-hydroxylation sites is 2. The van der Waals surface area contributed by atoms with Crippen molar-refractivity contribution in [2.45, 2.75) is 45.6 Å². The molecule has 3 rings (SSSR count). The summed E-state index contributed by atoms with van der Waals surface area (Å²) in [6.07, 6.45) is 2.87. The van der Waals surface area contributed by atoms with Crippen LogP contribution in [-0.4, -0.2) is 42.9 Å². The highest BCUT2D eigenvalue weighted by Crippen LogP contribution is 2.29. The number of anilines is 1. The van der Waals surface area contributed by atoms with Crippen LogP contribution in [0.1, 0.15) is 38.7 Å². The third-order valence-electron chi connectivity index (χ3n) is 5.24. The van der Waals surface area contributed by atoms with E-state index in [0.29, 0.717) is 30.0 Å². The highest BCUT2D eigenvalue weighted by molar-refractivity contribution is 6.39. The van der Waals surface area contributed by atoms with Gasteiger partial charge in [0, 0.05) is 19.2 Å². The number of carbonyl (C=O) groups excluding carboxylic acids is 2. The van der Waals surface area contributed by atoms with Crippen LogP contribution in [-0.2, 0) is 16.0 Å². The zero-order valence-corrected chi connectivity index (χ0v) is 18.9. The first-order valence-corrected chi connectivity index (χ1v) is 10.9. The summed E-state index contributed by atoms with van der Waals surface area (Å²) in [6, 6.07) is 16.5. The van der Waals surface area contributed by atoms with E-state index in [1.54, 1.807) is 7.05 Å². The van der Waals surface area contributed by atoms with Crippen LogP contribution >= 0.6 is 0 Å². The van der Waals surface area contributed by atoms with Gasteiger partial charge in [-0.25, -0.2) is 0 Å². The first-order valence-electron chi connectivity index (χ1n) is 10.9. The topological polar surface area (TPSA) is 83.4 Å². The van der Waals surface area contributed by atoms with Gasteiger partial charge in [0.25, 0.3) is 11.8 Å². The maximum absolute atomic E-state index is 13.0. The molecule has 168 valence electrons. The Morgan fingerprint density at radius 1 is 1.12 bits per heavy atom. The third kappa shape index (κ3) is 6.03. The summed E-state index contributed by atoms with van der Waals surface area (Å²) >= 11 is 0. The Bertz CT molecular complexity index is 1000. The van der Waals surface area contributed by atoms with Gasteiger partial charge in [0.2, 0.25) is 0 Å². The van der Waals surface area contributed by atoms with Crippen LogP contribution in [0.2, 0.25) is 0 Å². The van der Waals surface area contributed by atoms with Gasteiger partial charge in [0.15, 0.2) is 0 Å². The van der Waals surface area contributed by atoms with Gasteiger partial charge in [-0.15, -0.1) is 5.10 Å². The van der Waals surface area contributed by atoms with Crippen molar-refractivity contribution in [3.05, 3.63) is 60.2 Å². The number of ether oxygens (including phenoxy) is 1. The number of rotatable bonds is 8. The Labute approximate surface area is 189 Å². The molecule has 32 heavy (non-hydrogen) atoms. The van der Waals surface area contributed by atoms with Crippen molar-refractivity contribution >= 4 is 28.9 Å². The Morgan fingerprint density at radius 3 is 2.59 bits per heavy atom. The standard InChI is InChI=1S/C25H30N4O3/c1-4-5-13-20(28-27-18(2)16-19-11-7-6-8-12-19)24(30)26-21-17-32-23-15-10-9-14-22(23)29(3)25(21)31/h6-12,14-15,21H,4-5,13,16-17H2,1-3H3,(H,26,30)/b27-18+,28-20+/t21-/m0/s1. The minimum atomic E-state index is -0.805. The second kappa shape index (κ2) is 11.2. The van der Waals surface area contributed by atoms with Gasteiger partial charge in [0.05, 0.1) is 5.69 Å². The average Bonchev–Trinajstić information content (AvgIpc) is 2.92. The molecule has 0 aliphatic carbocycles. The summed E-state index contributed by atoms with van der Waals surface area (Å²) in [7, 11) is 1.68. The van der Waals surface area contributed by atoms with Crippen molar-refractivity contribution < 1.29 is 14.3 Å². The Hall–Kier alpha value is -3.48. The molecule has 0 radical (unpaired) electrons. The molecule has 7 heteroatoms. The summed E-state index contributed by atoms with van der Waals surface area (Å²) in [5, 5.41) is 11.3. The number of amides is 2. The van der Waals surface area contributed by atoms with Crippen LogP contribution in [0.15, 0.2) is 64.8 Å². The van der Waals surface area contributed by atoms with Gasteiger partial charge in [-0.2, -0.15) is 5.10 Å². The number of likely N-dealkylation sites (N-methyl/N-ethyl adjacent to an activating group) is 1. The van der Waals surface area contributed by atoms with Crippen molar-refractivity contribution in [3.63, 3.8) is 0 Å². The number of hydrogen-bond acceptors (Lipinski definition) is 5. The lowest BCUT2D eigenvalue weighted by Crippen LogP contribution is -2.51. The monoisotopic (exact) mass is 434 g/mol. The summed E-state index contributed by atoms with van der Waals surface area (Å²) in [5.74, 6) is -0.0148. The SMILES string of the molecule is CCCC/C(=N\N=C(/C)Cc1ccccc1)C(=O)N[C@H]1COc2ccccc2N(C)C1=O. The maximum Gasteiger partial charge on any atom is 0.268 e. The molecule has 0 unspecified atom stereocenters. The molecule has 2 aromatic rings. The van der Waals surface area contributed by atoms with E-state index in [9.17, 15) is 9.59 Å². The molecule has 0 bridgehead atoms. The van der Waals surface area contributed by atoms with E-state index >= 15 is 0 Å². The van der Waals surface area contributed by atoms with E-state index in [0.717, 1.165) is 24.1 Å². The van der Waals surface area contributed by atoms with Crippen LogP contribution in [0, 0.1) is 0 Å². The van der Waals surface area contributed by atoms with Crippen LogP contribution < -0.4 is 15.0 Å². The van der Waals surface area contributed by atoms with E-state index in [1.165, 1.54) is 4.90 Å². The molecule has 0 aromatic heterocycles. The fourth-order valence-electron chi connectivity index (χ4n) is 3.42. The molecule has 1 aliphatic heterocycles. The van der Waals surface area contributed by atoms with Crippen molar-refractivity contribution in [1.29, 1.82) is 0 Å². The molecule has 0 fully saturated rings. The van der Waals surface area contributed by atoms with Crippen molar-refractivity contribution in [1.82, 2.24) is 5.32 Å². The van der Waals surface area contributed by atoms with E-state index in [4.69, 9.17) is 4.74 Å². The Balaban J connectivity index is 1.72. The Kier molecular flexibility index (Phi) is 8.14. The number of carbonyl (C=O) groups is 2. The number of fused-ring (bicyclic) bond motifs is 1. The largest absolute Gasteiger partial charge is 0.489 e. The molecule has 1 N–H and O–H groups in total. The maximum atomic E-state index is 13.0. The molecule has 2 aromatic carbocycles. The molecule has 1 heterocycles. The predicted molar refractivity (Wildman–Crippen MR) is 127 cm³/mol. The molecule has 1 aliphatic rings. The van der Waals surface area contributed by atoms with Crippen LogP contribution in [0.25, 0.3) is 0 Å². The van der Waals surface area contributed by atoms with E-state index in [1.807, 2.05) is 68.4 Å². The van der Waals surface area contributed by atoms with Gasteiger partial charge < -0.3 is 15.0 Å². The van der Waals surface area contributed by atoms with Gasteiger partial charge in [-0.1, -0.05) is 55.8 Å². The molecule has 0 saturated carbocycles. The minimum Gasteiger partial charge on any atom is -0.489 e. The zero-order valence-electron chi connectivity index (χ0n) is 18.9. The first kappa shape index (κ1) is 23.2. The minimum absolute atomic E-state index is 0.0588. The van der Waals surface area contributed by atoms with Gasteiger partial charge >= 0.3 is 0 Å². The summed E-state index contributed by atoms with van der Waals surface area (Å²) in [5.41, 5.74) is 2.93. The molecular formula is C25H30N4O3.